The van der Waals surface area contributed by atoms with Gasteiger partial charge in [0.2, 0.25) is 0 Å². The molecule has 0 saturated carbocycles. The summed E-state index contributed by atoms with van der Waals surface area (Å²) in [5, 5.41) is 50.0. The van der Waals surface area contributed by atoms with Crippen molar-refractivity contribution >= 4 is 32.3 Å². The zero-order chi connectivity index (χ0) is 12.9. The lowest BCUT2D eigenvalue weighted by Crippen LogP contribution is -2.44. The second-order valence-corrected chi connectivity index (χ2v) is 4.50. The first kappa shape index (κ1) is 9.29. The van der Waals surface area contributed by atoms with Gasteiger partial charge in [-0.15, -0.1) is 0 Å². The molecule has 84 valence electrons. The van der Waals surface area contributed by atoms with Crippen LogP contribution in [0.4, 0.5) is 0 Å². The molecule has 6 nitrogen and oxygen atoms in total. The van der Waals surface area contributed by atoms with E-state index in [4.69, 9.17) is 32.5 Å². The highest BCUT2D eigenvalue weighted by molar-refractivity contribution is 6.29. The summed E-state index contributed by atoms with van der Waals surface area (Å²) in [4.78, 5) is 0. The molecule has 4 rings (SSSR count). The summed E-state index contributed by atoms with van der Waals surface area (Å²) in [6, 6.07) is 0. The van der Waals surface area contributed by atoms with Gasteiger partial charge in [-0.05, 0) is 0 Å². The van der Waals surface area contributed by atoms with Gasteiger partial charge in [-0.1, -0.05) is 0 Å². The molecular formula is C12H6N6. The van der Waals surface area contributed by atoms with Crippen molar-refractivity contribution in [1.29, 1.82) is 32.5 Å². The van der Waals surface area contributed by atoms with Crippen molar-refractivity contribution in [3.8, 4) is 0 Å². The van der Waals surface area contributed by atoms with Crippen molar-refractivity contribution in [2.24, 2.45) is 0 Å². The Morgan fingerprint density at radius 1 is 0.278 bits per heavy atom. The van der Waals surface area contributed by atoms with Crippen LogP contribution in [-0.2, 0) is 0 Å². The third-order valence-electron chi connectivity index (χ3n) is 3.75. The number of nitrogens with one attached hydrogen (secondary N) is 6. The number of benzene rings is 1. The SMILES string of the molecule is N=c1c(=N)c2c1c1c(=N)c(=N)c1c1c(=N)c(=N)c21. The van der Waals surface area contributed by atoms with E-state index in [0.717, 1.165) is 0 Å². The molecule has 0 aliphatic rings. The molecule has 0 aliphatic carbocycles. The Morgan fingerprint density at radius 2 is 0.389 bits per heavy atom. The summed E-state index contributed by atoms with van der Waals surface area (Å²) in [7, 11) is 0. The average Bonchev–Trinajstić information content (AvgIpc) is 2.41. The Morgan fingerprint density at radius 3 is 0.500 bits per heavy atom. The van der Waals surface area contributed by atoms with Crippen LogP contribution in [0.3, 0.4) is 0 Å². The van der Waals surface area contributed by atoms with Crippen LogP contribution in [0.2, 0.25) is 0 Å². The zero-order valence-electron chi connectivity index (χ0n) is 9.00. The van der Waals surface area contributed by atoms with Crippen molar-refractivity contribution in [3.05, 3.63) is 32.1 Å². The second-order valence-electron chi connectivity index (χ2n) is 4.50. The molecule has 0 bridgehead atoms. The Kier molecular flexibility index (Phi) is 1.17. The van der Waals surface area contributed by atoms with Crippen LogP contribution in [0, 0.1) is 32.5 Å². The lowest BCUT2D eigenvalue weighted by Gasteiger charge is -2.17. The summed E-state index contributed by atoms with van der Waals surface area (Å²) in [6.45, 7) is 0. The molecule has 0 spiro atoms. The number of hydrogen-bond donors (Lipinski definition) is 6. The molecule has 0 aliphatic heterocycles. The second kappa shape index (κ2) is 2.26. The van der Waals surface area contributed by atoms with Crippen molar-refractivity contribution in [1.82, 2.24) is 0 Å². The van der Waals surface area contributed by atoms with Gasteiger partial charge in [-0.25, -0.2) is 0 Å². The standard InChI is InChI=1S/C12H6N6/c13-7-1-2(8(7)14)4-6(12(18)11(4)17)5-3(1)9(15)10(5)16/h13-18H. The van der Waals surface area contributed by atoms with E-state index in [0.29, 0.717) is 32.3 Å². The van der Waals surface area contributed by atoms with Gasteiger partial charge >= 0.3 is 0 Å². The fourth-order valence-electron chi connectivity index (χ4n) is 2.81. The Hall–Kier alpha value is -2.76. The molecule has 18 heavy (non-hydrogen) atoms. The lowest BCUT2D eigenvalue weighted by atomic mass is 9.84. The minimum atomic E-state index is 0.0764. The average molecular weight is 234 g/mol. The first-order valence-electron chi connectivity index (χ1n) is 5.25. The van der Waals surface area contributed by atoms with Gasteiger partial charge in [0.25, 0.3) is 0 Å². The van der Waals surface area contributed by atoms with Crippen molar-refractivity contribution in [2.45, 2.75) is 0 Å². The van der Waals surface area contributed by atoms with Crippen molar-refractivity contribution in [3.63, 3.8) is 0 Å². The van der Waals surface area contributed by atoms with E-state index in [1.165, 1.54) is 0 Å². The smallest absolute Gasteiger partial charge is 0.0882 e. The summed E-state index contributed by atoms with van der Waals surface area (Å²) in [5.41, 5.74) is 0. The Bertz CT molecular complexity index is 971. The molecule has 0 fully saturated rings. The van der Waals surface area contributed by atoms with Crippen molar-refractivity contribution in [2.75, 3.05) is 0 Å². The van der Waals surface area contributed by atoms with Crippen LogP contribution in [-0.4, -0.2) is 0 Å². The van der Waals surface area contributed by atoms with Gasteiger partial charge in [0.1, 0.15) is 0 Å². The highest BCUT2D eigenvalue weighted by Crippen LogP contribution is 2.27. The molecule has 0 amide bonds. The summed E-state index contributed by atoms with van der Waals surface area (Å²) < 4.78 is 0. The fraction of sp³-hybridized carbons (Fsp3) is 0. The predicted molar refractivity (Wildman–Crippen MR) is 61.2 cm³/mol. The van der Waals surface area contributed by atoms with E-state index >= 15 is 0 Å². The van der Waals surface area contributed by atoms with E-state index in [1.807, 2.05) is 0 Å². The maximum atomic E-state index is 7.74. The van der Waals surface area contributed by atoms with E-state index < -0.39 is 0 Å². The highest BCUT2D eigenvalue weighted by atomic mass is 14.5. The van der Waals surface area contributed by atoms with Crippen LogP contribution in [0.15, 0.2) is 0 Å². The number of fused-ring (bicyclic) bond motifs is 6. The molecule has 0 saturated heterocycles. The van der Waals surface area contributed by atoms with Gasteiger partial charge in [0.15, 0.2) is 0 Å². The molecule has 4 aromatic rings. The molecule has 0 atom stereocenters. The van der Waals surface area contributed by atoms with Crippen LogP contribution in [0.1, 0.15) is 0 Å². The van der Waals surface area contributed by atoms with E-state index in [9.17, 15) is 0 Å². The van der Waals surface area contributed by atoms with Crippen molar-refractivity contribution < 1.29 is 0 Å². The molecule has 4 aromatic carbocycles. The Labute approximate surface area is 97.5 Å². The fourth-order valence-corrected chi connectivity index (χ4v) is 2.81. The summed E-state index contributed by atoms with van der Waals surface area (Å²) >= 11 is 0. The molecule has 6 N–H and O–H groups in total. The molecular weight excluding hydrogens is 228 g/mol. The zero-order valence-corrected chi connectivity index (χ0v) is 9.00. The monoisotopic (exact) mass is 234 g/mol. The first-order valence-corrected chi connectivity index (χ1v) is 5.25. The van der Waals surface area contributed by atoms with Gasteiger partial charge in [-0.2, -0.15) is 0 Å². The van der Waals surface area contributed by atoms with Gasteiger partial charge in [0.05, 0.1) is 32.1 Å². The topological polar surface area (TPSA) is 143 Å². The largest absolute Gasteiger partial charge is 0.298 e. The maximum absolute atomic E-state index is 7.74. The van der Waals surface area contributed by atoms with Crippen LogP contribution >= 0.6 is 0 Å². The summed E-state index contributed by atoms with van der Waals surface area (Å²) in [6.07, 6.45) is 0. The molecule has 0 unspecified atom stereocenters. The predicted octanol–water partition coefficient (Wildman–Crippen LogP) is -1.35. The summed E-state index contributed by atoms with van der Waals surface area (Å²) in [5.74, 6) is 0. The maximum Gasteiger partial charge on any atom is 0.0882 e. The molecule has 6 heteroatoms. The first-order chi connectivity index (χ1) is 8.46. The van der Waals surface area contributed by atoms with Crippen LogP contribution in [0.25, 0.3) is 32.3 Å². The third-order valence-corrected chi connectivity index (χ3v) is 3.75. The van der Waals surface area contributed by atoms with Crippen LogP contribution < -0.4 is 32.1 Å². The number of hydrogen-bond acceptors (Lipinski definition) is 6. The normalized spacial score (nSPS) is 12.7. The molecule has 0 aromatic heterocycles. The van der Waals surface area contributed by atoms with Gasteiger partial charge in [0, 0.05) is 32.3 Å². The van der Waals surface area contributed by atoms with E-state index in [1.54, 1.807) is 0 Å². The Balaban J connectivity index is 2.64. The molecule has 0 heterocycles. The molecule has 0 radical (unpaired) electrons. The van der Waals surface area contributed by atoms with Gasteiger partial charge in [-0.3, -0.25) is 32.5 Å². The minimum Gasteiger partial charge on any atom is -0.298 e. The quantitative estimate of drug-likeness (QED) is 0.214. The number of rotatable bonds is 0. The van der Waals surface area contributed by atoms with Crippen LogP contribution in [0.5, 0.6) is 0 Å². The van der Waals surface area contributed by atoms with Gasteiger partial charge < -0.3 is 0 Å². The van der Waals surface area contributed by atoms with E-state index in [2.05, 4.69) is 0 Å². The lowest BCUT2D eigenvalue weighted by molar-refractivity contribution is 1.12. The highest BCUT2D eigenvalue weighted by Gasteiger charge is 2.25. The minimum absolute atomic E-state index is 0.0764. The van der Waals surface area contributed by atoms with E-state index in [-0.39, 0.29) is 32.1 Å². The third kappa shape index (κ3) is 0.605.